The zero-order valence-electron chi connectivity index (χ0n) is 15.1. The fraction of sp³-hybridized carbons (Fsp3) is 0.0476. The molecule has 0 aliphatic rings. The third kappa shape index (κ3) is 6.17. The van der Waals surface area contributed by atoms with Crippen molar-refractivity contribution in [3.05, 3.63) is 99.1 Å². The molecule has 3 aromatic rings. The maximum Gasteiger partial charge on any atom is 0.283 e. The normalized spacial score (nSPS) is 10.8. The number of hydrazone groups is 1. The van der Waals surface area contributed by atoms with E-state index in [1.165, 1.54) is 24.0 Å². The summed E-state index contributed by atoms with van der Waals surface area (Å²) >= 11 is 7.15. The van der Waals surface area contributed by atoms with Crippen LogP contribution in [-0.4, -0.2) is 17.0 Å². The molecule has 0 aliphatic carbocycles. The van der Waals surface area contributed by atoms with Crippen molar-refractivity contribution in [1.82, 2.24) is 5.43 Å². The van der Waals surface area contributed by atoms with Crippen LogP contribution in [0.4, 0.5) is 5.69 Å². The van der Waals surface area contributed by atoms with E-state index < -0.39 is 4.92 Å². The number of halogens is 1. The van der Waals surface area contributed by atoms with Crippen molar-refractivity contribution < 1.29 is 9.72 Å². The molecule has 29 heavy (non-hydrogen) atoms. The number of hydrogen-bond donors (Lipinski definition) is 1. The van der Waals surface area contributed by atoms with E-state index in [1.807, 2.05) is 30.3 Å². The highest BCUT2D eigenvalue weighted by Crippen LogP contribution is 2.35. The molecule has 0 aromatic heterocycles. The summed E-state index contributed by atoms with van der Waals surface area (Å²) in [6, 6.07) is 21.1. The highest BCUT2D eigenvalue weighted by molar-refractivity contribution is 7.99. The third-order valence-electron chi connectivity index (χ3n) is 3.83. The largest absolute Gasteiger partial charge is 0.283 e. The van der Waals surface area contributed by atoms with Crippen LogP contribution in [0, 0.1) is 10.1 Å². The fourth-order valence-corrected chi connectivity index (χ4v) is 3.50. The van der Waals surface area contributed by atoms with E-state index in [4.69, 9.17) is 11.6 Å². The molecule has 0 heterocycles. The monoisotopic (exact) mass is 425 g/mol. The van der Waals surface area contributed by atoms with E-state index in [0.717, 1.165) is 10.5 Å². The first-order valence-electron chi connectivity index (χ1n) is 8.59. The van der Waals surface area contributed by atoms with E-state index >= 15 is 0 Å². The standard InChI is InChI=1S/C21H16ClN3O3S/c22-17-7-9-18(10-8-17)29-20-11-6-16(12-19(20)25(27)28)14-23-24-21(26)13-15-4-2-1-3-5-15/h1-12,14H,13H2,(H,24,26)/b23-14+. The van der Waals surface area contributed by atoms with Crippen LogP contribution in [0.25, 0.3) is 0 Å². The van der Waals surface area contributed by atoms with Crippen LogP contribution in [0.2, 0.25) is 5.02 Å². The molecule has 1 amide bonds. The number of amides is 1. The molecule has 0 aliphatic heterocycles. The van der Waals surface area contributed by atoms with Crippen LogP contribution in [0.3, 0.4) is 0 Å². The minimum Gasteiger partial charge on any atom is -0.273 e. The number of nitro groups is 1. The van der Waals surface area contributed by atoms with Gasteiger partial charge in [-0.3, -0.25) is 14.9 Å². The second kappa shape index (κ2) is 9.86. The number of nitro benzene ring substituents is 1. The van der Waals surface area contributed by atoms with E-state index in [9.17, 15) is 14.9 Å². The van der Waals surface area contributed by atoms with Gasteiger partial charge in [0, 0.05) is 21.5 Å². The summed E-state index contributed by atoms with van der Waals surface area (Å²) in [6.45, 7) is 0. The van der Waals surface area contributed by atoms with Crippen molar-refractivity contribution >= 4 is 41.2 Å². The van der Waals surface area contributed by atoms with Gasteiger partial charge in [-0.2, -0.15) is 5.10 Å². The number of benzene rings is 3. The Morgan fingerprint density at radius 2 is 1.83 bits per heavy atom. The van der Waals surface area contributed by atoms with Crippen LogP contribution in [0.15, 0.2) is 87.7 Å². The highest BCUT2D eigenvalue weighted by atomic mass is 35.5. The molecule has 3 rings (SSSR count). The highest BCUT2D eigenvalue weighted by Gasteiger charge is 2.15. The van der Waals surface area contributed by atoms with Crippen LogP contribution in [-0.2, 0) is 11.2 Å². The minimum absolute atomic E-state index is 0.0375. The summed E-state index contributed by atoms with van der Waals surface area (Å²) in [5.74, 6) is -0.267. The molecular weight excluding hydrogens is 410 g/mol. The van der Waals surface area contributed by atoms with E-state index in [-0.39, 0.29) is 18.0 Å². The van der Waals surface area contributed by atoms with Gasteiger partial charge < -0.3 is 0 Å². The number of nitrogens with one attached hydrogen (secondary N) is 1. The Bertz CT molecular complexity index is 1040. The Balaban J connectivity index is 1.67. The quantitative estimate of drug-likeness (QED) is 0.324. The zero-order valence-corrected chi connectivity index (χ0v) is 16.7. The van der Waals surface area contributed by atoms with Crippen LogP contribution >= 0.6 is 23.4 Å². The van der Waals surface area contributed by atoms with Crippen molar-refractivity contribution in [2.24, 2.45) is 5.10 Å². The lowest BCUT2D eigenvalue weighted by Gasteiger charge is -2.04. The summed E-state index contributed by atoms with van der Waals surface area (Å²) in [5, 5.41) is 16.0. The van der Waals surface area contributed by atoms with Gasteiger partial charge in [-0.1, -0.05) is 59.8 Å². The van der Waals surface area contributed by atoms with Crippen molar-refractivity contribution in [3.8, 4) is 0 Å². The molecule has 6 nitrogen and oxygen atoms in total. The lowest BCUT2D eigenvalue weighted by Crippen LogP contribution is -2.19. The summed E-state index contributed by atoms with van der Waals surface area (Å²) in [4.78, 5) is 24.3. The molecule has 0 spiro atoms. The van der Waals surface area contributed by atoms with Crippen LogP contribution < -0.4 is 5.43 Å². The Morgan fingerprint density at radius 1 is 1.10 bits per heavy atom. The van der Waals surface area contributed by atoms with Crippen molar-refractivity contribution in [3.63, 3.8) is 0 Å². The van der Waals surface area contributed by atoms with Crippen LogP contribution in [0.5, 0.6) is 0 Å². The van der Waals surface area contributed by atoms with E-state index in [2.05, 4.69) is 10.5 Å². The van der Waals surface area contributed by atoms with Gasteiger partial charge >= 0.3 is 0 Å². The molecule has 0 bridgehead atoms. The first kappa shape index (κ1) is 20.6. The maximum atomic E-state index is 11.9. The molecular formula is C21H16ClN3O3S. The van der Waals surface area contributed by atoms with Gasteiger partial charge in [0.1, 0.15) is 0 Å². The van der Waals surface area contributed by atoms with Crippen LogP contribution in [0.1, 0.15) is 11.1 Å². The topological polar surface area (TPSA) is 84.6 Å². The first-order chi connectivity index (χ1) is 14.0. The molecule has 0 fully saturated rings. The van der Waals surface area contributed by atoms with Gasteiger partial charge in [0.05, 0.1) is 22.5 Å². The number of carbonyl (C=O) groups excluding carboxylic acids is 1. The number of carbonyl (C=O) groups is 1. The van der Waals surface area contributed by atoms with E-state index in [0.29, 0.717) is 15.5 Å². The fourth-order valence-electron chi connectivity index (χ4n) is 2.47. The number of rotatable bonds is 7. The third-order valence-corrected chi connectivity index (χ3v) is 5.16. The van der Waals surface area contributed by atoms with Gasteiger partial charge in [-0.25, -0.2) is 5.43 Å². The Morgan fingerprint density at radius 3 is 2.52 bits per heavy atom. The molecule has 0 unspecified atom stereocenters. The molecule has 0 radical (unpaired) electrons. The number of nitrogens with zero attached hydrogens (tertiary/aromatic N) is 2. The average Bonchev–Trinajstić information content (AvgIpc) is 2.71. The average molecular weight is 426 g/mol. The van der Waals surface area contributed by atoms with Gasteiger partial charge in [0.15, 0.2) is 0 Å². The predicted octanol–water partition coefficient (Wildman–Crippen LogP) is 5.09. The SMILES string of the molecule is O=C(Cc1ccccc1)N/N=C/c1ccc(Sc2ccc(Cl)cc2)c([N+](=O)[O-])c1. The Kier molecular flexibility index (Phi) is 6.99. The van der Waals surface area contributed by atoms with Crippen molar-refractivity contribution in [2.75, 3.05) is 0 Å². The Labute approximate surface area is 176 Å². The minimum atomic E-state index is -0.441. The van der Waals surface area contributed by atoms with Gasteiger partial charge in [0.25, 0.3) is 5.69 Å². The summed E-state index contributed by atoms with van der Waals surface area (Å²) in [6.07, 6.45) is 1.58. The lowest BCUT2D eigenvalue weighted by atomic mass is 10.1. The maximum absolute atomic E-state index is 11.9. The molecule has 0 saturated heterocycles. The Hall–Kier alpha value is -3.16. The molecule has 3 aromatic carbocycles. The predicted molar refractivity (Wildman–Crippen MR) is 115 cm³/mol. The van der Waals surface area contributed by atoms with Gasteiger partial charge in [-0.05, 0) is 35.9 Å². The molecule has 0 atom stereocenters. The smallest absolute Gasteiger partial charge is 0.273 e. The molecule has 1 N–H and O–H groups in total. The molecule has 0 saturated carbocycles. The molecule has 146 valence electrons. The van der Waals surface area contributed by atoms with Crippen molar-refractivity contribution in [1.29, 1.82) is 0 Å². The lowest BCUT2D eigenvalue weighted by molar-refractivity contribution is -0.387. The number of hydrogen-bond acceptors (Lipinski definition) is 5. The summed E-state index contributed by atoms with van der Waals surface area (Å²) in [5.41, 5.74) is 3.78. The second-order valence-electron chi connectivity index (χ2n) is 6.00. The summed E-state index contributed by atoms with van der Waals surface area (Å²) < 4.78 is 0. The van der Waals surface area contributed by atoms with Crippen molar-refractivity contribution in [2.45, 2.75) is 16.2 Å². The second-order valence-corrected chi connectivity index (χ2v) is 7.55. The zero-order chi connectivity index (χ0) is 20.6. The van der Waals surface area contributed by atoms with E-state index in [1.54, 1.807) is 36.4 Å². The molecule has 8 heteroatoms. The first-order valence-corrected chi connectivity index (χ1v) is 9.78. The van der Waals surface area contributed by atoms with Gasteiger partial charge in [-0.15, -0.1) is 0 Å². The van der Waals surface area contributed by atoms with Gasteiger partial charge in [0.2, 0.25) is 5.91 Å². The summed E-state index contributed by atoms with van der Waals surface area (Å²) in [7, 11) is 0.